The van der Waals surface area contributed by atoms with Crippen molar-refractivity contribution in [1.82, 2.24) is 4.57 Å². The molecule has 0 amide bonds. The van der Waals surface area contributed by atoms with Gasteiger partial charge in [-0.3, -0.25) is 0 Å². The summed E-state index contributed by atoms with van der Waals surface area (Å²) in [5.41, 5.74) is 3.09. The van der Waals surface area contributed by atoms with E-state index >= 15 is 0 Å². The smallest absolute Gasteiger partial charge is 0.102 e. The quantitative estimate of drug-likeness (QED) is 0.740. The molecule has 0 N–H and O–H groups in total. The van der Waals surface area contributed by atoms with Crippen molar-refractivity contribution in [1.29, 1.82) is 5.26 Å². The van der Waals surface area contributed by atoms with E-state index in [0.717, 1.165) is 15.7 Å². The first-order valence-corrected chi connectivity index (χ1v) is 5.23. The first-order valence-electron chi connectivity index (χ1n) is 4.43. The Bertz CT molecular complexity index is 394. The highest BCUT2D eigenvalue weighted by Gasteiger charge is 2.28. The van der Waals surface area contributed by atoms with Crippen molar-refractivity contribution in [2.75, 3.05) is 0 Å². The lowest BCUT2D eigenvalue weighted by Gasteiger charge is -2.05. The Kier molecular flexibility index (Phi) is 1.96. The minimum Gasteiger partial charge on any atom is -0.344 e. The molecule has 1 saturated carbocycles. The second-order valence-corrected chi connectivity index (χ2v) is 4.37. The largest absolute Gasteiger partial charge is 0.344 e. The molecule has 1 aromatic heterocycles. The topological polar surface area (TPSA) is 28.7 Å². The van der Waals surface area contributed by atoms with Crippen LogP contribution in [0.15, 0.2) is 4.47 Å². The summed E-state index contributed by atoms with van der Waals surface area (Å²) in [6.07, 6.45) is 2.52. The molecule has 0 saturated heterocycles. The molecule has 0 spiro atoms. The average Bonchev–Trinajstić information content (AvgIpc) is 2.86. The molecule has 1 aromatic rings. The van der Waals surface area contributed by atoms with Gasteiger partial charge in [-0.15, -0.1) is 0 Å². The number of nitriles is 1. The Morgan fingerprint density at radius 3 is 2.38 bits per heavy atom. The van der Waals surface area contributed by atoms with Crippen molar-refractivity contribution in [3.63, 3.8) is 0 Å². The highest BCUT2D eigenvalue weighted by Crippen LogP contribution is 2.40. The predicted molar refractivity (Wildman–Crippen MR) is 54.6 cm³/mol. The first kappa shape index (κ1) is 8.83. The molecule has 2 nitrogen and oxygen atoms in total. The molecule has 13 heavy (non-hydrogen) atoms. The fourth-order valence-electron chi connectivity index (χ4n) is 1.83. The van der Waals surface area contributed by atoms with Gasteiger partial charge in [0, 0.05) is 17.4 Å². The van der Waals surface area contributed by atoms with Gasteiger partial charge in [-0.05, 0) is 42.6 Å². The minimum atomic E-state index is 0.651. The SMILES string of the molecule is Cc1c(Br)c(C#N)c(C)n1C1CC1. The zero-order valence-corrected chi connectivity index (χ0v) is 9.35. The van der Waals surface area contributed by atoms with E-state index in [-0.39, 0.29) is 0 Å². The Morgan fingerprint density at radius 1 is 1.38 bits per heavy atom. The fraction of sp³-hybridized carbons (Fsp3) is 0.500. The van der Waals surface area contributed by atoms with E-state index in [0.29, 0.717) is 6.04 Å². The molecule has 0 radical (unpaired) electrons. The van der Waals surface area contributed by atoms with Crippen LogP contribution in [-0.2, 0) is 0 Å². The lowest BCUT2D eigenvalue weighted by atomic mass is 10.3. The molecule has 0 aliphatic heterocycles. The molecule has 68 valence electrons. The number of hydrogen-bond donors (Lipinski definition) is 0. The molecule has 0 aromatic carbocycles. The molecule has 3 heteroatoms. The van der Waals surface area contributed by atoms with Crippen LogP contribution in [0.3, 0.4) is 0 Å². The monoisotopic (exact) mass is 238 g/mol. The standard InChI is InChI=1S/C10H11BrN2/c1-6-9(5-12)10(11)7(2)13(6)8-3-4-8/h8H,3-4H2,1-2H3. The van der Waals surface area contributed by atoms with Crippen LogP contribution in [-0.4, -0.2) is 4.57 Å². The van der Waals surface area contributed by atoms with E-state index in [9.17, 15) is 0 Å². The van der Waals surface area contributed by atoms with Crippen LogP contribution < -0.4 is 0 Å². The Labute approximate surface area is 86.3 Å². The highest BCUT2D eigenvalue weighted by atomic mass is 79.9. The second-order valence-electron chi connectivity index (χ2n) is 3.57. The van der Waals surface area contributed by atoms with E-state index in [2.05, 4.69) is 33.5 Å². The Morgan fingerprint density at radius 2 is 2.00 bits per heavy atom. The third-order valence-corrected chi connectivity index (χ3v) is 3.62. The normalized spacial score (nSPS) is 15.8. The van der Waals surface area contributed by atoms with Gasteiger partial charge in [0.05, 0.1) is 10.0 Å². The van der Waals surface area contributed by atoms with Crippen LogP contribution in [0.2, 0.25) is 0 Å². The lowest BCUT2D eigenvalue weighted by Crippen LogP contribution is -1.98. The van der Waals surface area contributed by atoms with Crippen LogP contribution >= 0.6 is 15.9 Å². The van der Waals surface area contributed by atoms with Crippen LogP contribution in [0, 0.1) is 25.2 Å². The third-order valence-electron chi connectivity index (χ3n) is 2.65. The van der Waals surface area contributed by atoms with Gasteiger partial charge >= 0.3 is 0 Å². The molecule has 2 rings (SSSR count). The lowest BCUT2D eigenvalue weighted by molar-refractivity contribution is 0.697. The maximum absolute atomic E-state index is 8.95. The van der Waals surface area contributed by atoms with E-state index in [4.69, 9.17) is 5.26 Å². The van der Waals surface area contributed by atoms with E-state index < -0.39 is 0 Å². The highest BCUT2D eigenvalue weighted by molar-refractivity contribution is 9.10. The van der Waals surface area contributed by atoms with Gasteiger partial charge in [-0.1, -0.05) is 0 Å². The van der Waals surface area contributed by atoms with Gasteiger partial charge in [0.25, 0.3) is 0 Å². The summed E-state index contributed by atoms with van der Waals surface area (Å²) in [6, 6.07) is 2.89. The van der Waals surface area contributed by atoms with Crippen molar-refractivity contribution in [3.05, 3.63) is 21.4 Å². The van der Waals surface area contributed by atoms with Gasteiger partial charge in [0.1, 0.15) is 6.07 Å². The summed E-state index contributed by atoms with van der Waals surface area (Å²) >= 11 is 3.46. The summed E-state index contributed by atoms with van der Waals surface area (Å²) in [7, 11) is 0. The summed E-state index contributed by atoms with van der Waals surface area (Å²) in [4.78, 5) is 0. The Balaban J connectivity index is 2.63. The van der Waals surface area contributed by atoms with Crippen molar-refractivity contribution in [3.8, 4) is 6.07 Å². The molecule has 1 aliphatic rings. The van der Waals surface area contributed by atoms with Gasteiger partial charge in [-0.2, -0.15) is 5.26 Å². The summed E-state index contributed by atoms with van der Waals surface area (Å²) in [5.74, 6) is 0. The molecule has 1 aliphatic carbocycles. The number of rotatable bonds is 1. The zero-order valence-electron chi connectivity index (χ0n) is 7.76. The maximum Gasteiger partial charge on any atom is 0.102 e. The van der Waals surface area contributed by atoms with Crippen molar-refractivity contribution in [2.24, 2.45) is 0 Å². The maximum atomic E-state index is 8.95. The summed E-state index contributed by atoms with van der Waals surface area (Å²) in [6.45, 7) is 4.09. The molecule has 0 bridgehead atoms. The predicted octanol–water partition coefficient (Wildman–Crippen LogP) is 3.07. The number of aromatic nitrogens is 1. The van der Waals surface area contributed by atoms with Gasteiger partial charge < -0.3 is 4.57 Å². The van der Waals surface area contributed by atoms with Crippen LogP contribution in [0.4, 0.5) is 0 Å². The molecule has 1 heterocycles. The number of halogens is 1. The van der Waals surface area contributed by atoms with Crippen molar-refractivity contribution >= 4 is 15.9 Å². The van der Waals surface area contributed by atoms with Crippen molar-refractivity contribution < 1.29 is 0 Å². The minimum absolute atomic E-state index is 0.651. The first-order chi connectivity index (χ1) is 6.16. The fourth-order valence-corrected chi connectivity index (χ4v) is 2.39. The molecular weight excluding hydrogens is 228 g/mol. The van der Waals surface area contributed by atoms with Gasteiger partial charge in [0.15, 0.2) is 0 Å². The molecular formula is C10H11BrN2. The zero-order chi connectivity index (χ0) is 9.59. The summed E-state index contributed by atoms with van der Waals surface area (Å²) in [5, 5.41) is 8.95. The van der Waals surface area contributed by atoms with Gasteiger partial charge in [-0.25, -0.2) is 0 Å². The van der Waals surface area contributed by atoms with E-state index in [1.807, 2.05) is 6.92 Å². The number of nitrogens with zero attached hydrogens (tertiary/aromatic N) is 2. The Hall–Kier alpha value is -0.750. The van der Waals surface area contributed by atoms with Gasteiger partial charge in [0.2, 0.25) is 0 Å². The molecule has 0 unspecified atom stereocenters. The van der Waals surface area contributed by atoms with E-state index in [1.54, 1.807) is 0 Å². The molecule has 0 atom stereocenters. The average molecular weight is 239 g/mol. The van der Waals surface area contributed by atoms with Crippen LogP contribution in [0.25, 0.3) is 0 Å². The number of hydrogen-bond acceptors (Lipinski definition) is 1. The van der Waals surface area contributed by atoms with Crippen LogP contribution in [0.5, 0.6) is 0 Å². The third kappa shape index (κ3) is 1.21. The van der Waals surface area contributed by atoms with E-state index in [1.165, 1.54) is 18.5 Å². The second kappa shape index (κ2) is 2.88. The molecule has 1 fully saturated rings. The summed E-state index contributed by atoms with van der Waals surface area (Å²) < 4.78 is 3.25. The van der Waals surface area contributed by atoms with Crippen LogP contribution in [0.1, 0.15) is 35.8 Å². The van der Waals surface area contributed by atoms with Crippen molar-refractivity contribution in [2.45, 2.75) is 32.7 Å².